The van der Waals surface area contributed by atoms with E-state index >= 15 is 0 Å². The largest absolute Gasteiger partial charge is 0.311 e. The van der Waals surface area contributed by atoms with E-state index in [1.54, 1.807) is 0 Å². The minimum Gasteiger partial charge on any atom is -0.311 e. The smallest absolute Gasteiger partial charge is 0.0462 e. The summed E-state index contributed by atoms with van der Waals surface area (Å²) in [5.74, 6) is 0. The van der Waals surface area contributed by atoms with Crippen LogP contribution >= 0.6 is 0 Å². The molecule has 12 aromatic rings. The second-order valence-electron chi connectivity index (χ2n) is 23.0. The Morgan fingerprint density at radius 2 is 0.448 bits per heavy atom. The van der Waals surface area contributed by atoms with Crippen LogP contribution in [0.2, 0.25) is 0 Å². The van der Waals surface area contributed by atoms with Crippen molar-refractivity contribution in [2.75, 3.05) is 9.80 Å². The Labute approximate surface area is 567 Å². The fourth-order valence-corrected chi connectivity index (χ4v) is 11.3. The lowest BCUT2D eigenvalue weighted by Crippen LogP contribution is -2.14. The first-order valence-electron chi connectivity index (χ1n) is 32.6. The molecule has 0 aromatic heterocycles. The van der Waals surface area contributed by atoms with Crippen LogP contribution in [0.5, 0.6) is 0 Å². The molecule has 0 heterocycles. The average Bonchev–Trinajstić information content (AvgIpc) is 0.966. The minimum atomic E-state index is 0.957. The molecule has 0 aliphatic rings. The van der Waals surface area contributed by atoms with Gasteiger partial charge in [0.25, 0.3) is 0 Å². The highest BCUT2D eigenvalue weighted by Gasteiger charge is 2.14. The summed E-state index contributed by atoms with van der Waals surface area (Å²) in [5, 5.41) is 0. The SMILES string of the molecule is C=C\C(=C/C=C/C=C/c1ccc(/C=C/c2ccc(N(c3ccccc3)c3ccc(/C=C/c4ccc(/C=C/C=C(c5ccccc5)c5ccccc5)cc4)cc3)cc2)cc1)N(c1ccccc1)c1ccc(/C=C/c2ccc(/C=C/C=C(c3ccccc3)c3ccccc3)cc2)cc1. The normalized spacial score (nSPS) is 11.8. The van der Waals surface area contributed by atoms with E-state index in [1.165, 1.54) is 33.4 Å². The van der Waals surface area contributed by atoms with Gasteiger partial charge in [-0.25, -0.2) is 0 Å². The van der Waals surface area contributed by atoms with E-state index in [-0.39, 0.29) is 0 Å². The first-order chi connectivity index (χ1) is 47.5. The molecule has 0 amide bonds. The predicted molar refractivity (Wildman–Crippen MR) is 417 cm³/mol. The lowest BCUT2D eigenvalue weighted by molar-refractivity contribution is 1.21. The molecule has 0 unspecified atom stereocenters. The van der Waals surface area contributed by atoms with Gasteiger partial charge in [0.15, 0.2) is 0 Å². The third-order valence-corrected chi connectivity index (χ3v) is 16.4. The zero-order chi connectivity index (χ0) is 65.2. The van der Waals surface area contributed by atoms with E-state index in [0.717, 1.165) is 84.2 Å². The van der Waals surface area contributed by atoms with E-state index in [4.69, 9.17) is 0 Å². The van der Waals surface area contributed by atoms with Gasteiger partial charge in [0, 0.05) is 34.1 Å². The lowest BCUT2D eigenvalue weighted by Gasteiger charge is -2.26. The maximum Gasteiger partial charge on any atom is 0.0462 e. The van der Waals surface area contributed by atoms with E-state index in [1.807, 2.05) is 12.1 Å². The molecule has 12 aromatic carbocycles. The van der Waals surface area contributed by atoms with E-state index in [2.05, 4.69) is 441 Å². The van der Waals surface area contributed by atoms with Crippen molar-refractivity contribution < 1.29 is 0 Å². The Bertz CT molecular complexity index is 4660. The molecule has 96 heavy (non-hydrogen) atoms. The van der Waals surface area contributed by atoms with E-state index in [9.17, 15) is 0 Å². The number of hydrogen-bond donors (Lipinski definition) is 0. The van der Waals surface area contributed by atoms with Crippen LogP contribution in [-0.2, 0) is 0 Å². The summed E-state index contributed by atoms with van der Waals surface area (Å²) in [6.45, 7) is 4.23. The van der Waals surface area contributed by atoms with Crippen molar-refractivity contribution in [3.63, 3.8) is 0 Å². The van der Waals surface area contributed by atoms with Crippen molar-refractivity contribution in [2.24, 2.45) is 0 Å². The van der Waals surface area contributed by atoms with Crippen molar-refractivity contribution in [3.05, 3.63) is 467 Å². The van der Waals surface area contributed by atoms with Gasteiger partial charge in [0.1, 0.15) is 0 Å². The maximum atomic E-state index is 4.23. The van der Waals surface area contributed by atoms with E-state index in [0.29, 0.717) is 0 Å². The molecular weight excluding hydrogens is 1160 g/mol. The van der Waals surface area contributed by atoms with Gasteiger partial charge in [0.2, 0.25) is 0 Å². The topological polar surface area (TPSA) is 6.48 Å². The summed E-state index contributed by atoms with van der Waals surface area (Å²) in [6.07, 6.45) is 38.3. The highest BCUT2D eigenvalue weighted by atomic mass is 15.1. The van der Waals surface area contributed by atoms with Crippen LogP contribution < -0.4 is 9.80 Å². The fourth-order valence-electron chi connectivity index (χ4n) is 11.3. The highest BCUT2D eigenvalue weighted by Crippen LogP contribution is 2.36. The van der Waals surface area contributed by atoms with Gasteiger partial charge in [0.05, 0.1) is 0 Å². The van der Waals surface area contributed by atoms with Crippen LogP contribution in [0.25, 0.3) is 65.8 Å². The van der Waals surface area contributed by atoms with Crippen molar-refractivity contribution >= 4 is 94.3 Å². The van der Waals surface area contributed by atoms with Crippen LogP contribution in [0, 0.1) is 0 Å². The lowest BCUT2D eigenvalue weighted by atomic mass is 9.97. The van der Waals surface area contributed by atoms with Crippen molar-refractivity contribution in [2.45, 2.75) is 0 Å². The van der Waals surface area contributed by atoms with Crippen LogP contribution in [0.1, 0.15) is 72.3 Å². The molecule has 0 fully saturated rings. The van der Waals surface area contributed by atoms with Crippen LogP contribution in [-0.4, -0.2) is 0 Å². The molecule has 12 rings (SSSR count). The van der Waals surface area contributed by atoms with Gasteiger partial charge in [-0.1, -0.05) is 371 Å². The van der Waals surface area contributed by atoms with Crippen molar-refractivity contribution in [1.82, 2.24) is 0 Å². The first-order valence-corrected chi connectivity index (χ1v) is 32.6. The number of rotatable bonds is 24. The molecule has 0 N–H and O–H groups in total. The molecular formula is C94H74N2. The molecule has 2 nitrogen and oxygen atoms in total. The molecule has 0 saturated heterocycles. The molecule has 0 spiro atoms. The number of para-hydroxylation sites is 2. The molecule has 0 saturated carbocycles. The van der Waals surface area contributed by atoms with Gasteiger partial charge in [-0.3, -0.25) is 0 Å². The van der Waals surface area contributed by atoms with Gasteiger partial charge in [-0.2, -0.15) is 0 Å². The second-order valence-corrected chi connectivity index (χ2v) is 23.0. The Balaban J connectivity index is 0.641. The number of nitrogens with zero attached hydrogens (tertiary/aromatic N) is 2. The first kappa shape index (κ1) is 63.5. The van der Waals surface area contributed by atoms with Crippen LogP contribution in [0.3, 0.4) is 0 Å². The predicted octanol–water partition coefficient (Wildman–Crippen LogP) is 25.4. The Hall–Kier alpha value is -12.6. The highest BCUT2D eigenvalue weighted by molar-refractivity contribution is 5.84. The Morgan fingerprint density at radius 1 is 0.208 bits per heavy atom. The minimum absolute atomic E-state index is 0.957. The molecule has 460 valence electrons. The van der Waals surface area contributed by atoms with Gasteiger partial charge >= 0.3 is 0 Å². The summed E-state index contributed by atoms with van der Waals surface area (Å²) in [4.78, 5) is 4.53. The Kier molecular flexibility index (Phi) is 21.9. The van der Waals surface area contributed by atoms with E-state index < -0.39 is 0 Å². The number of hydrogen-bond acceptors (Lipinski definition) is 2. The molecule has 2 heteroatoms. The summed E-state index contributed by atoms with van der Waals surface area (Å²) in [5.41, 5.74) is 23.7. The quantitative estimate of drug-likeness (QED) is 0.0439. The second kappa shape index (κ2) is 33.1. The number of allylic oxidation sites excluding steroid dienone is 9. The molecule has 0 atom stereocenters. The zero-order valence-electron chi connectivity index (χ0n) is 53.7. The van der Waals surface area contributed by atoms with Gasteiger partial charge in [-0.05, 0) is 156 Å². The fraction of sp³-hybridized carbons (Fsp3) is 0. The summed E-state index contributed by atoms with van der Waals surface area (Å²) < 4.78 is 0. The third-order valence-electron chi connectivity index (χ3n) is 16.4. The third kappa shape index (κ3) is 17.7. The van der Waals surface area contributed by atoms with Crippen molar-refractivity contribution in [1.29, 1.82) is 0 Å². The summed E-state index contributed by atoms with van der Waals surface area (Å²) in [6, 6.07) is 115. The molecule has 0 radical (unpaired) electrons. The zero-order valence-corrected chi connectivity index (χ0v) is 53.7. The number of anilines is 5. The molecule has 0 bridgehead atoms. The van der Waals surface area contributed by atoms with Crippen LogP contribution in [0.4, 0.5) is 28.4 Å². The van der Waals surface area contributed by atoms with Crippen LogP contribution in [0.15, 0.2) is 395 Å². The maximum absolute atomic E-state index is 4.23. The van der Waals surface area contributed by atoms with Gasteiger partial charge in [-0.15, -0.1) is 0 Å². The monoisotopic (exact) mass is 1230 g/mol. The Morgan fingerprint density at radius 3 is 0.760 bits per heavy atom. The number of benzene rings is 12. The summed E-state index contributed by atoms with van der Waals surface area (Å²) >= 11 is 0. The van der Waals surface area contributed by atoms with Gasteiger partial charge < -0.3 is 9.80 Å². The van der Waals surface area contributed by atoms with Crippen molar-refractivity contribution in [3.8, 4) is 0 Å². The average molecular weight is 1230 g/mol. The summed E-state index contributed by atoms with van der Waals surface area (Å²) in [7, 11) is 0. The molecule has 0 aliphatic carbocycles. The standard InChI is InChI=1S/C94H74N2/c1-2-87(95(88-38-20-8-21-39-88)90-68-62-80(63-69-90)59-57-78-52-46-75(47-53-78)27-24-42-93(83-29-11-4-12-30-83)84-31-13-5-14-32-84)37-19-3-10-26-74-44-50-77(51-45-74)56-60-81-64-70-91(71-65-81)96(89-40-22-9-23-41-89)92-72-66-82(67-73-92)61-58-79-54-48-76(49-55-79)28-25-43-94(85-33-15-6-16-34-85)86-35-17-7-18-36-86/h2-73H,1H2/b19-3+,26-10+,27-24+,28-25+,59-57+,60-56+,61-58+,87-37+. The molecule has 0 aliphatic heterocycles.